The molecule has 2 unspecified atom stereocenters. The fourth-order valence-electron chi connectivity index (χ4n) is 3.09. The summed E-state index contributed by atoms with van der Waals surface area (Å²) in [6.45, 7) is 1.38. The first-order valence-electron chi connectivity index (χ1n) is 8.23. The minimum Gasteiger partial charge on any atom is -0.477 e. The molecule has 1 fully saturated rings. The zero-order valence-corrected chi connectivity index (χ0v) is 15.5. The van der Waals surface area contributed by atoms with Gasteiger partial charge in [-0.15, -0.1) is 11.8 Å². The van der Waals surface area contributed by atoms with Crippen molar-refractivity contribution in [3.63, 3.8) is 0 Å². The second-order valence-electron chi connectivity index (χ2n) is 6.11. The van der Waals surface area contributed by atoms with E-state index in [2.05, 4.69) is 5.32 Å². The molecule has 9 nitrogen and oxygen atoms in total. The van der Waals surface area contributed by atoms with E-state index in [4.69, 9.17) is 4.74 Å². The lowest BCUT2D eigenvalue weighted by atomic mass is 10.0. The third-order valence-corrected chi connectivity index (χ3v) is 5.71. The van der Waals surface area contributed by atoms with Crippen LogP contribution in [0.4, 0.5) is 0 Å². The molecule has 3 atom stereocenters. The maximum atomic E-state index is 12.6. The standard InChI is InChI=1S/C18H16N2O7S/c1-9(22)11-7-28-17-12(16(24)20(17)13(11)18(25)26)19-15(23)14(27-8-21)10-5-3-2-4-6-10/h2-6,8,12,14,17H,7H2,1H3,(H,19,23)(H,25,26)/t12?,14?,17-/m0/s1. The maximum absolute atomic E-state index is 12.6. The highest BCUT2D eigenvalue weighted by Crippen LogP contribution is 2.40. The molecule has 0 bridgehead atoms. The van der Waals surface area contributed by atoms with Crippen molar-refractivity contribution >= 4 is 41.8 Å². The van der Waals surface area contributed by atoms with Crippen molar-refractivity contribution in [1.29, 1.82) is 0 Å². The van der Waals surface area contributed by atoms with Gasteiger partial charge in [0, 0.05) is 16.9 Å². The van der Waals surface area contributed by atoms with Crippen molar-refractivity contribution in [3.8, 4) is 0 Å². The first-order chi connectivity index (χ1) is 13.4. The van der Waals surface area contributed by atoms with Crippen molar-refractivity contribution in [2.75, 3.05) is 5.75 Å². The number of nitrogens with one attached hydrogen (secondary N) is 1. The fraction of sp³-hybridized carbons (Fsp3) is 0.278. The van der Waals surface area contributed by atoms with E-state index in [1.165, 1.54) is 18.7 Å². The third kappa shape index (κ3) is 3.38. The number of Topliss-reactive ketones (excluding diaryl/α,β-unsaturated/α-hetero) is 1. The summed E-state index contributed by atoms with van der Waals surface area (Å²) in [5.74, 6) is -3.02. The van der Waals surface area contributed by atoms with Crippen LogP contribution in [0.5, 0.6) is 0 Å². The molecule has 10 heteroatoms. The molecular formula is C18H16N2O7S. The molecule has 2 heterocycles. The number of hydrogen-bond acceptors (Lipinski definition) is 7. The normalized spacial score (nSPS) is 21.9. The molecule has 3 rings (SSSR count). The summed E-state index contributed by atoms with van der Waals surface area (Å²) in [5, 5.41) is 11.3. The van der Waals surface area contributed by atoms with Gasteiger partial charge in [-0.05, 0) is 6.92 Å². The lowest BCUT2D eigenvalue weighted by Gasteiger charge is -2.49. The molecule has 0 aliphatic carbocycles. The molecule has 0 radical (unpaired) electrons. The fourth-order valence-corrected chi connectivity index (χ4v) is 4.51. The average Bonchev–Trinajstić information content (AvgIpc) is 2.69. The first-order valence-corrected chi connectivity index (χ1v) is 9.28. The molecule has 2 N–H and O–H groups in total. The Bertz CT molecular complexity index is 883. The van der Waals surface area contributed by atoms with Crippen LogP contribution in [0.1, 0.15) is 18.6 Å². The highest BCUT2D eigenvalue weighted by atomic mass is 32.2. The van der Waals surface area contributed by atoms with E-state index >= 15 is 0 Å². The van der Waals surface area contributed by atoms with Gasteiger partial charge in [-0.1, -0.05) is 30.3 Å². The quantitative estimate of drug-likeness (QED) is 0.488. The van der Waals surface area contributed by atoms with Crippen LogP contribution in [0.15, 0.2) is 41.6 Å². The Labute approximate surface area is 163 Å². The number of hydrogen-bond donors (Lipinski definition) is 2. The molecule has 1 aromatic carbocycles. The molecular weight excluding hydrogens is 388 g/mol. The summed E-state index contributed by atoms with van der Waals surface area (Å²) in [7, 11) is 0. The number of nitrogens with zero attached hydrogens (tertiary/aromatic N) is 1. The number of carbonyl (C=O) groups is 5. The van der Waals surface area contributed by atoms with Crippen molar-refractivity contribution in [3.05, 3.63) is 47.2 Å². The number of rotatable bonds is 7. The highest BCUT2D eigenvalue weighted by Gasteiger charge is 2.55. The van der Waals surface area contributed by atoms with E-state index in [1.807, 2.05) is 0 Å². The van der Waals surface area contributed by atoms with Gasteiger partial charge in [0.15, 0.2) is 5.78 Å². The van der Waals surface area contributed by atoms with E-state index < -0.39 is 41.1 Å². The molecule has 0 saturated carbocycles. The number of ether oxygens (including phenoxy) is 1. The van der Waals surface area contributed by atoms with Gasteiger partial charge in [0.25, 0.3) is 18.3 Å². The summed E-state index contributed by atoms with van der Waals surface area (Å²) in [5.41, 5.74) is 0.130. The van der Waals surface area contributed by atoms with Crippen molar-refractivity contribution in [2.45, 2.75) is 24.4 Å². The number of carboxylic acids is 1. The minimum atomic E-state index is -1.37. The Kier molecular flexibility index (Phi) is 5.50. The molecule has 0 spiro atoms. The molecule has 0 aromatic heterocycles. The summed E-state index contributed by atoms with van der Waals surface area (Å²) in [6, 6.07) is 7.29. The summed E-state index contributed by atoms with van der Waals surface area (Å²) in [6.07, 6.45) is -1.24. The van der Waals surface area contributed by atoms with Gasteiger partial charge in [0.2, 0.25) is 6.10 Å². The number of amides is 2. The number of benzene rings is 1. The van der Waals surface area contributed by atoms with Gasteiger partial charge >= 0.3 is 5.97 Å². The maximum Gasteiger partial charge on any atom is 0.353 e. The summed E-state index contributed by atoms with van der Waals surface area (Å²) in [4.78, 5) is 60.1. The number of aliphatic carboxylic acids is 1. The molecule has 2 aliphatic heterocycles. The van der Waals surface area contributed by atoms with Crippen LogP contribution in [0.25, 0.3) is 0 Å². The molecule has 1 aromatic rings. The van der Waals surface area contributed by atoms with Crippen molar-refractivity contribution < 1.29 is 33.8 Å². The molecule has 2 amide bonds. The topological polar surface area (TPSA) is 130 Å². The van der Waals surface area contributed by atoms with Gasteiger partial charge in [-0.25, -0.2) is 4.79 Å². The minimum absolute atomic E-state index is 0.0540. The van der Waals surface area contributed by atoms with Gasteiger partial charge in [0.05, 0.1) is 0 Å². The largest absolute Gasteiger partial charge is 0.477 e. The Balaban J connectivity index is 1.79. The van der Waals surface area contributed by atoms with Crippen LogP contribution in [0.3, 0.4) is 0 Å². The zero-order valence-electron chi connectivity index (χ0n) is 14.7. The van der Waals surface area contributed by atoms with E-state index in [0.29, 0.717) is 5.56 Å². The van der Waals surface area contributed by atoms with Crippen LogP contribution in [0, 0.1) is 0 Å². The van der Waals surface area contributed by atoms with Gasteiger partial charge in [-0.3, -0.25) is 24.1 Å². The van der Waals surface area contributed by atoms with Crippen molar-refractivity contribution in [2.24, 2.45) is 0 Å². The third-order valence-electron chi connectivity index (χ3n) is 4.43. The predicted octanol–water partition coefficient (Wildman–Crippen LogP) is 0.228. The molecule has 146 valence electrons. The van der Waals surface area contributed by atoms with Gasteiger partial charge in [-0.2, -0.15) is 0 Å². The summed E-state index contributed by atoms with van der Waals surface area (Å²) < 4.78 is 4.87. The Morgan fingerprint density at radius 2 is 2.00 bits per heavy atom. The van der Waals surface area contributed by atoms with Gasteiger partial charge in [0.1, 0.15) is 17.1 Å². The van der Waals surface area contributed by atoms with Gasteiger partial charge < -0.3 is 15.2 Å². The number of carboxylic acid groups (broad SMARTS) is 1. The van der Waals surface area contributed by atoms with E-state index in [-0.39, 0.29) is 23.5 Å². The second kappa shape index (κ2) is 7.85. The number of thioether (sulfide) groups is 1. The molecule has 28 heavy (non-hydrogen) atoms. The van der Waals surface area contributed by atoms with Crippen molar-refractivity contribution in [1.82, 2.24) is 10.2 Å². The number of fused-ring (bicyclic) bond motifs is 1. The predicted molar refractivity (Wildman–Crippen MR) is 96.7 cm³/mol. The van der Waals surface area contributed by atoms with Crippen LogP contribution >= 0.6 is 11.8 Å². The van der Waals surface area contributed by atoms with E-state index in [9.17, 15) is 29.1 Å². The molecule has 2 aliphatic rings. The smallest absolute Gasteiger partial charge is 0.353 e. The zero-order chi connectivity index (χ0) is 20.4. The Hall–Kier alpha value is -3.14. The SMILES string of the molecule is CC(=O)C1=C(C(=O)O)N2C(=O)C(NC(=O)C(OC=O)c3ccccc3)[C@@H]2SC1. The highest BCUT2D eigenvalue weighted by molar-refractivity contribution is 8.00. The monoisotopic (exact) mass is 404 g/mol. The Morgan fingerprint density at radius 3 is 2.57 bits per heavy atom. The van der Waals surface area contributed by atoms with E-state index in [0.717, 1.165) is 4.90 Å². The van der Waals surface area contributed by atoms with Crippen LogP contribution in [-0.2, 0) is 28.7 Å². The number of ketones is 1. The number of carbonyl (C=O) groups excluding carboxylic acids is 4. The van der Waals surface area contributed by atoms with Crippen LogP contribution < -0.4 is 5.32 Å². The Morgan fingerprint density at radius 1 is 1.32 bits per heavy atom. The average molecular weight is 404 g/mol. The summed E-state index contributed by atoms with van der Waals surface area (Å²) >= 11 is 1.18. The lowest BCUT2D eigenvalue weighted by Crippen LogP contribution is -2.71. The molecule has 1 saturated heterocycles. The van der Waals surface area contributed by atoms with Crippen LogP contribution in [0.2, 0.25) is 0 Å². The first kappa shape index (κ1) is 19.6. The second-order valence-corrected chi connectivity index (χ2v) is 7.21. The number of β-lactam (4-membered cyclic amide) rings is 1. The van der Waals surface area contributed by atoms with Crippen LogP contribution in [-0.4, -0.2) is 57.2 Å². The van der Waals surface area contributed by atoms with E-state index in [1.54, 1.807) is 30.3 Å². The lowest BCUT2D eigenvalue weighted by molar-refractivity contribution is -0.154.